The Bertz CT molecular complexity index is 436. The second-order valence-corrected chi connectivity index (χ2v) is 7.18. The van der Waals surface area contributed by atoms with Gasteiger partial charge in [-0.25, -0.2) is 0 Å². The highest BCUT2D eigenvalue weighted by atomic mass is 79.9. The molecule has 2 atom stereocenters. The fourth-order valence-electron chi connectivity index (χ4n) is 2.79. The lowest BCUT2D eigenvalue weighted by molar-refractivity contribution is 0.0985. The smallest absolute Gasteiger partial charge is 0.120 e. The van der Waals surface area contributed by atoms with Gasteiger partial charge in [0.1, 0.15) is 18.5 Å². The number of hydrogen-bond acceptors (Lipinski definition) is 3. The molecule has 1 aliphatic carbocycles. The molecule has 0 aromatic heterocycles. The summed E-state index contributed by atoms with van der Waals surface area (Å²) in [6.45, 7) is 5.49. The van der Waals surface area contributed by atoms with Gasteiger partial charge in [-0.3, -0.25) is 0 Å². The van der Waals surface area contributed by atoms with E-state index >= 15 is 0 Å². The second-order valence-electron chi connectivity index (χ2n) is 6.26. The SMILES string of the molecule is CC1(C)CCCC1NCC(O)COc1cccc(Br)c1. The van der Waals surface area contributed by atoms with Gasteiger partial charge in [0, 0.05) is 17.1 Å². The highest BCUT2D eigenvalue weighted by molar-refractivity contribution is 9.10. The molecular weight excluding hydrogens is 318 g/mol. The molecule has 0 bridgehead atoms. The van der Waals surface area contributed by atoms with Crippen LogP contribution in [0.3, 0.4) is 0 Å². The van der Waals surface area contributed by atoms with Crippen molar-refractivity contribution in [3.8, 4) is 5.75 Å². The van der Waals surface area contributed by atoms with Gasteiger partial charge < -0.3 is 15.2 Å². The van der Waals surface area contributed by atoms with Gasteiger partial charge in [-0.1, -0.05) is 42.3 Å². The Balaban J connectivity index is 1.72. The Hall–Kier alpha value is -0.580. The Morgan fingerprint density at radius 2 is 2.30 bits per heavy atom. The van der Waals surface area contributed by atoms with Gasteiger partial charge in [-0.05, 0) is 36.5 Å². The normalized spacial score (nSPS) is 22.7. The van der Waals surface area contributed by atoms with Gasteiger partial charge in [0.05, 0.1) is 0 Å². The minimum absolute atomic E-state index is 0.316. The molecule has 1 aliphatic rings. The average Bonchev–Trinajstić information content (AvgIpc) is 2.73. The lowest BCUT2D eigenvalue weighted by atomic mass is 9.87. The molecule has 0 spiro atoms. The number of halogens is 1. The van der Waals surface area contributed by atoms with E-state index in [9.17, 15) is 5.11 Å². The van der Waals surface area contributed by atoms with Crippen LogP contribution in [0.5, 0.6) is 5.75 Å². The second kappa shape index (κ2) is 6.92. The quantitative estimate of drug-likeness (QED) is 0.833. The van der Waals surface area contributed by atoms with Crippen molar-refractivity contribution in [2.45, 2.75) is 45.3 Å². The molecule has 112 valence electrons. The van der Waals surface area contributed by atoms with E-state index in [1.165, 1.54) is 19.3 Å². The summed E-state index contributed by atoms with van der Waals surface area (Å²) in [6.07, 6.45) is 3.25. The van der Waals surface area contributed by atoms with Crippen molar-refractivity contribution in [3.63, 3.8) is 0 Å². The van der Waals surface area contributed by atoms with Gasteiger partial charge in [-0.15, -0.1) is 0 Å². The van der Waals surface area contributed by atoms with Crippen molar-refractivity contribution in [2.24, 2.45) is 5.41 Å². The average molecular weight is 342 g/mol. The monoisotopic (exact) mass is 341 g/mol. The Morgan fingerprint density at radius 1 is 1.50 bits per heavy atom. The van der Waals surface area contributed by atoms with E-state index in [2.05, 4.69) is 35.1 Å². The summed E-state index contributed by atoms with van der Waals surface area (Å²) in [5.74, 6) is 0.777. The van der Waals surface area contributed by atoms with Gasteiger partial charge in [0.15, 0.2) is 0 Å². The summed E-state index contributed by atoms with van der Waals surface area (Å²) in [4.78, 5) is 0. The summed E-state index contributed by atoms with van der Waals surface area (Å²) in [6, 6.07) is 8.17. The van der Waals surface area contributed by atoms with Crippen LogP contribution >= 0.6 is 15.9 Å². The van der Waals surface area contributed by atoms with Crippen LogP contribution in [0.1, 0.15) is 33.1 Å². The maximum absolute atomic E-state index is 10.0. The van der Waals surface area contributed by atoms with Crippen LogP contribution in [0.2, 0.25) is 0 Å². The number of benzene rings is 1. The first-order chi connectivity index (χ1) is 9.47. The number of aliphatic hydroxyl groups is 1. The lowest BCUT2D eigenvalue weighted by Crippen LogP contribution is -2.43. The van der Waals surface area contributed by atoms with Crippen molar-refractivity contribution in [3.05, 3.63) is 28.7 Å². The van der Waals surface area contributed by atoms with Gasteiger partial charge in [0.2, 0.25) is 0 Å². The Labute approximate surface area is 129 Å². The molecule has 2 rings (SSSR count). The van der Waals surface area contributed by atoms with Crippen molar-refractivity contribution in [1.82, 2.24) is 5.32 Å². The van der Waals surface area contributed by atoms with E-state index in [0.717, 1.165) is 10.2 Å². The molecule has 1 saturated carbocycles. The highest BCUT2D eigenvalue weighted by Crippen LogP contribution is 2.37. The molecule has 1 fully saturated rings. The zero-order chi connectivity index (χ0) is 14.6. The van der Waals surface area contributed by atoms with Crippen molar-refractivity contribution in [2.75, 3.05) is 13.2 Å². The molecule has 1 aromatic rings. The highest BCUT2D eigenvalue weighted by Gasteiger charge is 2.34. The molecule has 2 N–H and O–H groups in total. The maximum Gasteiger partial charge on any atom is 0.120 e. The summed E-state index contributed by atoms with van der Waals surface area (Å²) < 4.78 is 6.58. The fourth-order valence-corrected chi connectivity index (χ4v) is 3.17. The summed E-state index contributed by atoms with van der Waals surface area (Å²) in [7, 11) is 0. The third-order valence-corrected chi connectivity index (χ3v) is 4.59. The van der Waals surface area contributed by atoms with E-state index in [1.807, 2.05) is 24.3 Å². The topological polar surface area (TPSA) is 41.5 Å². The molecule has 2 unspecified atom stereocenters. The predicted molar refractivity (Wildman–Crippen MR) is 85.1 cm³/mol. The number of ether oxygens (including phenoxy) is 1. The molecule has 4 heteroatoms. The van der Waals surface area contributed by atoms with E-state index < -0.39 is 6.10 Å². The molecule has 0 saturated heterocycles. The third-order valence-electron chi connectivity index (χ3n) is 4.10. The van der Waals surface area contributed by atoms with Crippen molar-refractivity contribution >= 4 is 15.9 Å². The van der Waals surface area contributed by atoms with Crippen LogP contribution in [-0.2, 0) is 0 Å². The minimum Gasteiger partial charge on any atom is -0.491 e. The number of nitrogens with one attached hydrogen (secondary N) is 1. The van der Waals surface area contributed by atoms with E-state index in [1.54, 1.807) is 0 Å². The minimum atomic E-state index is -0.481. The molecule has 3 nitrogen and oxygen atoms in total. The van der Waals surface area contributed by atoms with Crippen molar-refractivity contribution in [1.29, 1.82) is 0 Å². The first-order valence-electron chi connectivity index (χ1n) is 7.27. The molecule has 0 aliphatic heterocycles. The van der Waals surface area contributed by atoms with Crippen LogP contribution in [0.4, 0.5) is 0 Å². The fraction of sp³-hybridized carbons (Fsp3) is 0.625. The van der Waals surface area contributed by atoms with E-state index in [-0.39, 0.29) is 0 Å². The maximum atomic E-state index is 10.0. The summed E-state index contributed by atoms with van der Waals surface area (Å²) in [5.41, 5.74) is 0.338. The molecule has 0 radical (unpaired) electrons. The predicted octanol–water partition coefficient (Wildman–Crippen LogP) is 3.36. The largest absolute Gasteiger partial charge is 0.491 e. The molecule has 0 heterocycles. The molecular formula is C16H24BrNO2. The third kappa shape index (κ3) is 4.47. The number of rotatable bonds is 6. The van der Waals surface area contributed by atoms with Gasteiger partial charge >= 0.3 is 0 Å². The zero-order valence-electron chi connectivity index (χ0n) is 12.2. The molecule has 0 amide bonds. The summed E-state index contributed by atoms with van der Waals surface area (Å²) in [5, 5.41) is 13.5. The van der Waals surface area contributed by atoms with E-state index in [4.69, 9.17) is 4.74 Å². The zero-order valence-corrected chi connectivity index (χ0v) is 13.8. The van der Waals surface area contributed by atoms with Crippen LogP contribution in [-0.4, -0.2) is 30.4 Å². The van der Waals surface area contributed by atoms with Gasteiger partial charge in [-0.2, -0.15) is 0 Å². The summed E-state index contributed by atoms with van der Waals surface area (Å²) >= 11 is 3.40. The van der Waals surface area contributed by atoms with Gasteiger partial charge in [0.25, 0.3) is 0 Å². The molecule has 1 aromatic carbocycles. The Morgan fingerprint density at radius 3 is 2.95 bits per heavy atom. The number of aliphatic hydroxyl groups excluding tert-OH is 1. The lowest BCUT2D eigenvalue weighted by Gasteiger charge is -2.28. The first kappa shape index (κ1) is 15.8. The van der Waals surface area contributed by atoms with Crippen LogP contribution in [0.25, 0.3) is 0 Å². The molecule has 20 heavy (non-hydrogen) atoms. The Kier molecular flexibility index (Phi) is 5.47. The standard InChI is InChI=1S/C16H24BrNO2/c1-16(2)8-4-7-15(16)18-10-13(19)11-20-14-6-3-5-12(17)9-14/h3,5-6,9,13,15,18-19H,4,7-8,10-11H2,1-2H3. The first-order valence-corrected chi connectivity index (χ1v) is 8.06. The number of hydrogen-bond donors (Lipinski definition) is 2. The van der Waals surface area contributed by atoms with E-state index in [0.29, 0.717) is 24.6 Å². The van der Waals surface area contributed by atoms with Crippen LogP contribution < -0.4 is 10.1 Å². The van der Waals surface area contributed by atoms with Crippen LogP contribution in [0, 0.1) is 5.41 Å². The van der Waals surface area contributed by atoms with Crippen molar-refractivity contribution < 1.29 is 9.84 Å². The van der Waals surface area contributed by atoms with Crippen LogP contribution in [0.15, 0.2) is 28.7 Å².